The van der Waals surface area contributed by atoms with Crippen molar-refractivity contribution in [3.05, 3.63) is 36.9 Å². The molecule has 1 rings (SSSR count). The summed E-state index contributed by atoms with van der Waals surface area (Å²) in [7, 11) is 1.49. The van der Waals surface area contributed by atoms with Crippen LogP contribution >= 0.6 is 0 Å². The molecule has 7 nitrogen and oxygen atoms in total. The summed E-state index contributed by atoms with van der Waals surface area (Å²) in [5.41, 5.74) is 0.508. The summed E-state index contributed by atoms with van der Waals surface area (Å²) in [6.07, 6.45) is -0.213. The van der Waals surface area contributed by atoms with E-state index < -0.39 is 24.1 Å². The molecular formula is C19H24N2O5. The fraction of sp³-hybridized carbons (Fsp3) is 0.421. The summed E-state index contributed by atoms with van der Waals surface area (Å²) in [6.45, 7) is 6.88. The van der Waals surface area contributed by atoms with Crippen molar-refractivity contribution in [2.24, 2.45) is 0 Å². The van der Waals surface area contributed by atoms with E-state index in [1.807, 2.05) is 6.07 Å². The number of para-hydroxylation sites is 2. The van der Waals surface area contributed by atoms with Crippen molar-refractivity contribution in [1.82, 2.24) is 0 Å². The van der Waals surface area contributed by atoms with Crippen molar-refractivity contribution >= 4 is 17.6 Å². The fourth-order valence-electron chi connectivity index (χ4n) is 2.18. The maximum atomic E-state index is 12.8. The number of anilines is 1. The maximum Gasteiger partial charge on any atom is 0.335 e. The smallest absolute Gasteiger partial charge is 0.335 e. The van der Waals surface area contributed by atoms with Gasteiger partial charge in [-0.3, -0.25) is 4.79 Å². The van der Waals surface area contributed by atoms with E-state index in [0.29, 0.717) is 11.4 Å². The molecule has 0 bridgehead atoms. The van der Waals surface area contributed by atoms with Gasteiger partial charge in [0, 0.05) is 6.54 Å². The number of amides is 1. The van der Waals surface area contributed by atoms with Crippen LogP contribution in [0.5, 0.6) is 5.75 Å². The summed E-state index contributed by atoms with van der Waals surface area (Å²) >= 11 is 0. The summed E-state index contributed by atoms with van der Waals surface area (Å²) in [4.78, 5) is 26.2. The highest BCUT2D eigenvalue weighted by atomic mass is 16.6. The minimum Gasteiger partial charge on any atom is -0.495 e. The maximum absolute atomic E-state index is 12.8. The van der Waals surface area contributed by atoms with Crippen LogP contribution in [-0.2, 0) is 19.1 Å². The number of carbonyl (C=O) groups is 2. The number of rotatable bonds is 10. The quantitative estimate of drug-likeness (QED) is 0.470. The Balaban J connectivity index is 2.93. The second kappa shape index (κ2) is 10.9. The van der Waals surface area contributed by atoms with Gasteiger partial charge < -0.3 is 19.1 Å². The van der Waals surface area contributed by atoms with Gasteiger partial charge in [0.05, 0.1) is 31.9 Å². The predicted octanol–water partition coefficient (Wildman–Crippen LogP) is 2.46. The second-order valence-corrected chi connectivity index (χ2v) is 5.41. The minimum atomic E-state index is -1.04. The molecule has 2 atom stereocenters. The summed E-state index contributed by atoms with van der Waals surface area (Å²) < 4.78 is 15.7. The molecule has 0 fully saturated rings. The van der Waals surface area contributed by atoms with Crippen LogP contribution in [0.1, 0.15) is 20.3 Å². The monoisotopic (exact) mass is 360 g/mol. The number of nitrogens with zero attached hydrogens (tertiary/aromatic N) is 2. The predicted molar refractivity (Wildman–Crippen MR) is 96.7 cm³/mol. The van der Waals surface area contributed by atoms with Crippen molar-refractivity contribution in [3.63, 3.8) is 0 Å². The molecule has 0 aliphatic heterocycles. The van der Waals surface area contributed by atoms with Gasteiger partial charge in [0.25, 0.3) is 5.91 Å². The Morgan fingerprint density at radius 3 is 2.62 bits per heavy atom. The Bertz CT molecular complexity index is 668. The number of hydrogen-bond donors (Lipinski definition) is 0. The highest BCUT2D eigenvalue weighted by Gasteiger charge is 2.28. The van der Waals surface area contributed by atoms with Crippen LogP contribution in [0.15, 0.2) is 36.9 Å². The number of benzene rings is 1. The van der Waals surface area contributed by atoms with Crippen molar-refractivity contribution in [3.8, 4) is 11.8 Å². The van der Waals surface area contributed by atoms with Gasteiger partial charge >= 0.3 is 5.97 Å². The van der Waals surface area contributed by atoms with E-state index >= 15 is 0 Å². The molecule has 0 N–H and O–H groups in total. The molecule has 2 unspecified atom stereocenters. The van der Waals surface area contributed by atoms with Crippen LogP contribution in [0.2, 0.25) is 0 Å². The average molecular weight is 360 g/mol. The molecule has 1 amide bonds. The Morgan fingerprint density at radius 2 is 2.00 bits per heavy atom. The number of hydrogen-bond acceptors (Lipinski definition) is 6. The zero-order chi connectivity index (χ0) is 19.5. The van der Waals surface area contributed by atoms with Gasteiger partial charge in [-0.25, -0.2) is 4.79 Å². The normalized spacial score (nSPS) is 12.4. The molecular weight excluding hydrogens is 336 g/mol. The number of carbonyl (C=O) groups excluding carboxylic acids is 2. The minimum absolute atomic E-state index is 0.128. The summed E-state index contributed by atoms with van der Waals surface area (Å²) in [5.74, 6) is -0.609. The Kier molecular flexibility index (Phi) is 8.88. The summed E-state index contributed by atoms with van der Waals surface area (Å²) in [6, 6.07) is 8.96. The molecule has 0 saturated carbocycles. The second-order valence-electron chi connectivity index (χ2n) is 5.41. The SMILES string of the molecule is C=CCOC(C)C(=O)OC(C)C(=O)N(CCC#N)c1ccccc1OC. The molecule has 0 radical (unpaired) electrons. The van der Waals surface area contributed by atoms with Crippen molar-refractivity contribution in [1.29, 1.82) is 5.26 Å². The number of ether oxygens (including phenoxy) is 3. The summed E-state index contributed by atoms with van der Waals surface area (Å²) in [5, 5.41) is 8.88. The van der Waals surface area contributed by atoms with E-state index in [-0.39, 0.29) is 19.6 Å². The molecule has 0 aliphatic rings. The van der Waals surface area contributed by atoms with E-state index in [9.17, 15) is 9.59 Å². The zero-order valence-corrected chi connectivity index (χ0v) is 15.3. The standard InChI is InChI=1S/C19H24N2O5/c1-5-13-25-15(3)19(23)26-14(2)18(22)21(12-8-11-20)16-9-6-7-10-17(16)24-4/h5-7,9-10,14-15H,1,8,12-13H2,2-4H3. The Labute approximate surface area is 153 Å². The van der Waals surface area contributed by atoms with Crippen LogP contribution in [0.25, 0.3) is 0 Å². The molecule has 7 heteroatoms. The molecule has 0 aliphatic carbocycles. The van der Waals surface area contributed by atoms with Gasteiger partial charge in [-0.15, -0.1) is 6.58 Å². The highest BCUT2D eigenvalue weighted by molar-refractivity contribution is 5.98. The molecule has 1 aromatic carbocycles. The lowest BCUT2D eigenvalue weighted by Crippen LogP contribution is -2.42. The first kappa shape index (κ1) is 21.2. The van der Waals surface area contributed by atoms with Crippen molar-refractivity contribution in [2.45, 2.75) is 32.5 Å². The lowest BCUT2D eigenvalue weighted by molar-refractivity contribution is -0.163. The first-order chi connectivity index (χ1) is 12.5. The van der Waals surface area contributed by atoms with Gasteiger partial charge in [-0.05, 0) is 26.0 Å². The fourth-order valence-corrected chi connectivity index (χ4v) is 2.18. The van der Waals surface area contributed by atoms with Gasteiger partial charge in [0.2, 0.25) is 0 Å². The molecule has 0 saturated heterocycles. The van der Waals surface area contributed by atoms with E-state index in [1.54, 1.807) is 24.3 Å². The van der Waals surface area contributed by atoms with Crippen LogP contribution in [0.4, 0.5) is 5.69 Å². The molecule has 0 aromatic heterocycles. The van der Waals surface area contributed by atoms with Crippen molar-refractivity contribution in [2.75, 3.05) is 25.2 Å². The van der Waals surface area contributed by atoms with Crippen LogP contribution in [0.3, 0.4) is 0 Å². The van der Waals surface area contributed by atoms with Gasteiger partial charge in [0.1, 0.15) is 5.75 Å². The van der Waals surface area contributed by atoms with Gasteiger partial charge in [-0.1, -0.05) is 18.2 Å². The lowest BCUT2D eigenvalue weighted by Gasteiger charge is -2.27. The first-order valence-corrected chi connectivity index (χ1v) is 8.20. The Hall–Kier alpha value is -2.85. The third-order valence-electron chi connectivity index (χ3n) is 3.53. The zero-order valence-electron chi connectivity index (χ0n) is 15.3. The highest BCUT2D eigenvalue weighted by Crippen LogP contribution is 2.28. The van der Waals surface area contributed by atoms with E-state index in [0.717, 1.165) is 0 Å². The number of nitriles is 1. The molecule has 26 heavy (non-hydrogen) atoms. The van der Waals surface area contributed by atoms with E-state index in [4.69, 9.17) is 19.5 Å². The third kappa shape index (κ3) is 5.90. The number of methoxy groups -OCH3 is 1. The molecule has 140 valence electrons. The van der Waals surface area contributed by atoms with Crippen LogP contribution in [-0.4, -0.2) is 44.3 Å². The lowest BCUT2D eigenvalue weighted by atomic mass is 10.2. The largest absolute Gasteiger partial charge is 0.495 e. The van der Waals surface area contributed by atoms with E-state index in [2.05, 4.69) is 6.58 Å². The topological polar surface area (TPSA) is 88.9 Å². The van der Waals surface area contributed by atoms with E-state index in [1.165, 1.54) is 31.9 Å². The average Bonchev–Trinajstić information content (AvgIpc) is 2.66. The van der Waals surface area contributed by atoms with Gasteiger partial charge in [0.15, 0.2) is 12.2 Å². The molecule has 0 spiro atoms. The van der Waals surface area contributed by atoms with Crippen LogP contribution in [0, 0.1) is 11.3 Å². The molecule has 1 aromatic rings. The molecule has 0 heterocycles. The number of esters is 1. The van der Waals surface area contributed by atoms with Crippen molar-refractivity contribution < 1.29 is 23.8 Å². The third-order valence-corrected chi connectivity index (χ3v) is 3.53. The van der Waals surface area contributed by atoms with Crippen LogP contribution < -0.4 is 9.64 Å². The first-order valence-electron chi connectivity index (χ1n) is 8.20. The van der Waals surface area contributed by atoms with Gasteiger partial charge in [-0.2, -0.15) is 5.26 Å². The Morgan fingerprint density at radius 1 is 1.31 bits per heavy atom.